The van der Waals surface area contributed by atoms with E-state index in [-0.39, 0.29) is 24.8 Å². The Morgan fingerprint density at radius 1 is 1.20 bits per heavy atom. The second kappa shape index (κ2) is 12.2. The van der Waals surface area contributed by atoms with Crippen molar-refractivity contribution in [3.63, 3.8) is 0 Å². The van der Waals surface area contributed by atoms with E-state index in [4.69, 9.17) is 11.6 Å². The van der Waals surface area contributed by atoms with Gasteiger partial charge in [0.05, 0.1) is 5.71 Å². The monoisotopic (exact) mass is 645 g/mol. The zero-order valence-electron chi connectivity index (χ0n) is 23.1. The summed E-state index contributed by atoms with van der Waals surface area (Å²) >= 11 is 9.81. The average Bonchev–Trinajstić information content (AvgIpc) is 3.15. The van der Waals surface area contributed by atoms with Gasteiger partial charge in [-0.1, -0.05) is 63.9 Å². The quantitative estimate of drug-likeness (QED) is 0.381. The largest absolute Gasteiger partial charge is 0.465 e. The molecule has 1 fully saturated rings. The molecule has 1 saturated heterocycles. The number of aryl methyl sites for hydroxylation is 1. The van der Waals surface area contributed by atoms with Gasteiger partial charge in [-0.15, -0.1) is 0 Å². The average molecular weight is 647 g/mol. The van der Waals surface area contributed by atoms with Crippen LogP contribution in [0.4, 0.5) is 4.79 Å². The summed E-state index contributed by atoms with van der Waals surface area (Å²) in [5, 5.41) is 20.5. The van der Waals surface area contributed by atoms with Gasteiger partial charge in [-0.05, 0) is 56.4 Å². The van der Waals surface area contributed by atoms with Crippen LogP contribution < -0.4 is 10.6 Å². The normalized spacial score (nSPS) is 19.3. The number of amides is 4. The number of nitrogens with one attached hydrogen (secondary N) is 2. The Kier molecular flexibility index (Phi) is 9.08. The van der Waals surface area contributed by atoms with Crippen LogP contribution in [0.2, 0.25) is 5.02 Å². The van der Waals surface area contributed by atoms with E-state index in [1.54, 1.807) is 18.0 Å². The van der Waals surface area contributed by atoms with E-state index >= 15 is 0 Å². The Labute approximate surface area is 252 Å². The van der Waals surface area contributed by atoms with Crippen molar-refractivity contribution in [1.29, 1.82) is 0 Å². The number of carbonyl (C=O) groups is 4. The lowest BCUT2D eigenvalue weighted by atomic mass is 9.73. The Hall–Kier alpha value is -3.44. The fourth-order valence-electron chi connectivity index (χ4n) is 5.38. The minimum absolute atomic E-state index is 0.116. The maximum Gasteiger partial charge on any atom is 0.405 e. The van der Waals surface area contributed by atoms with Gasteiger partial charge in [0.15, 0.2) is 0 Å². The van der Waals surface area contributed by atoms with Crippen LogP contribution >= 0.6 is 27.5 Å². The second-order valence-corrected chi connectivity index (χ2v) is 12.3. The first-order chi connectivity index (χ1) is 19.3. The van der Waals surface area contributed by atoms with Crippen molar-refractivity contribution in [2.75, 3.05) is 20.1 Å². The van der Waals surface area contributed by atoms with Gasteiger partial charge in [-0.25, -0.2) is 9.80 Å². The molecular weight excluding hydrogens is 614 g/mol. The van der Waals surface area contributed by atoms with Crippen molar-refractivity contribution in [1.82, 2.24) is 20.5 Å². The van der Waals surface area contributed by atoms with E-state index in [2.05, 4.69) is 31.7 Å². The third-order valence-electron chi connectivity index (χ3n) is 7.57. The molecule has 2 aromatic carbocycles. The van der Waals surface area contributed by atoms with Crippen molar-refractivity contribution in [2.45, 2.75) is 51.1 Å². The molecule has 218 valence electrons. The van der Waals surface area contributed by atoms with Crippen LogP contribution in [-0.2, 0) is 27.2 Å². The van der Waals surface area contributed by atoms with Crippen molar-refractivity contribution in [3.05, 3.63) is 69.2 Å². The van der Waals surface area contributed by atoms with Gasteiger partial charge in [0.2, 0.25) is 11.8 Å². The van der Waals surface area contributed by atoms with Crippen LogP contribution in [0.25, 0.3) is 0 Å². The molecule has 4 rings (SSSR count). The number of carbonyl (C=O) groups excluding carboxylic acids is 3. The molecular formula is C29H33BrClN5O5. The van der Waals surface area contributed by atoms with E-state index in [9.17, 15) is 24.3 Å². The summed E-state index contributed by atoms with van der Waals surface area (Å²) in [4.78, 5) is 53.7. The molecule has 0 spiro atoms. The van der Waals surface area contributed by atoms with E-state index in [1.807, 2.05) is 42.5 Å². The molecule has 2 atom stereocenters. The molecule has 2 aromatic rings. The third kappa shape index (κ3) is 6.73. The standard InChI is InChI=1S/C29H33BrClN5O5/c1-28(2,33-27(40)41)25(38)32-22(12-10-19-9-11-20(30)15-21(19)31)24(37)36-14-13-23-29(17-36,26(39)35(3)34-23)16-18-7-5-4-6-8-18/h4-9,11,15,22,33H,10,12-14,16-17H2,1-3H3,(H,32,38)(H,40,41)/t22?,29-/m1/s1. The van der Waals surface area contributed by atoms with Crippen molar-refractivity contribution in [2.24, 2.45) is 10.5 Å². The first-order valence-electron chi connectivity index (χ1n) is 13.3. The van der Waals surface area contributed by atoms with Crippen LogP contribution in [0.3, 0.4) is 0 Å². The number of hydrogen-bond donors (Lipinski definition) is 3. The van der Waals surface area contributed by atoms with Gasteiger partial charge in [0.1, 0.15) is 17.0 Å². The van der Waals surface area contributed by atoms with Crippen molar-refractivity contribution >= 4 is 57.1 Å². The Morgan fingerprint density at radius 2 is 1.90 bits per heavy atom. The van der Waals surface area contributed by atoms with Gasteiger partial charge in [-0.3, -0.25) is 14.4 Å². The first kappa shape index (κ1) is 30.5. The van der Waals surface area contributed by atoms with Gasteiger partial charge >= 0.3 is 6.09 Å². The van der Waals surface area contributed by atoms with Gasteiger partial charge < -0.3 is 20.6 Å². The summed E-state index contributed by atoms with van der Waals surface area (Å²) in [5.74, 6) is -1.18. The molecule has 2 aliphatic heterocycles. The fourth-order valence-corrected chi connectivity index (χ4v) is 6.15. The Bertz CT molecular complexity index is 1380. The number of nitrogens with zero attached hydrogens (tertiary/aromatic N) is 3. The highest BCUT2D eigenvalue weighted by molar-refractivity contribution is 9.10. The van der Waals surface area contributed by atoms with Gasteiger partial charge in [0.25, 0.3) is 5.91 Å². The molecule has 41 heavy (non-hydrogen) atoms. The van der Waals surface area contributed by atoms with E-state index in [0.717, 1.165) is 21.3 Å². The number of fused-ring (bicyclic) bond motifs is 1. The van der Waals surface area contributed by atoms with E-state index in [1.165, 1.54) is 18.9 Å². The summed E-state index contributed by atoms with van der Waals surface area (Å²) in [6.07, 6.45) is 0.0453. The topological polar surface area (TPSA) is 131 Å². The summed E-state index contributed by atoms with van der Waals surface area (Å²) < 4.78 is 0.814. The van der Waals surface area contributed by atoms with Crippen molar-refractivity contribution in [3.8, 4) is 0 Å². The predicted octanol–water partition coefficient (Wildman–Crippen LogP) is 3.86. The number of halogens is 2. The molecule has 2 aliphatic rings. The molecule has 0 saturated carbocycles. The number of carboxylic acid groups (broad SMARTS) is 1. The highest BCUT2D eigenvalue weighted by Gasteiger charge is 2.54. The Morgan fingerprint density at radius 3 is 2.56 bits per heavy atom. The molecule has 0 aromatic heterocycles. The van der Waals surface area contributed by atoms with Crippen LogP contribution in [0.15, 0.2) is 58.1 Å². The molecule has 0 aliphatic carbocycles. The SMILES string of the molecule is CN1N=C2CCN(C(=O)C(CCc3ccc(Br)cc3Cl)NC(=O)C(C)(C)NC(=O)O)C[C@@]2(Cc2ccccc2)C1=O. The van der Waals surface area contributed by atoms with Gasteiger partial charge in [0, 0.05) is 36.1 Å². The van der Waals surface area contributed by atoms with Crippen molar-refractivity contribution < 1.29 is 24.3 Å². The third-order valence-corrected chi connectivity index (χ3v) is 8.42. The molecule has 0 radical (unpaired) electrons. The molecule has 1 unspecified atom stereocenters. The highest BCUT2D eigenvalue weighted by atomic mass is 79.9. The lowest BCUT2D eigenvalue weighted by molar-refractivity contribution is -0.142. The first-order valence-corrected chi connectivity index (χ1v) is 14.4. The molecule has 3 N–H and O–H groups in total. The minimum Gasteiger partial charge on any atom is -0.465 e. The van der Waals surface area contributed by atoms with E-state index in [0.29, 0.717) is 30.8 Å². The fraction of sp³-hybridized carbons (Fsp3) is 0.414. The molecule has 2 heterocycles. The van der Waals surface area contributed by atoms with Crippen LogP contribution in [0.1, 0.15) is 37.8 Å². The number of rotatable bonds is 9. The predicted molar refractivity (Wildman–Crippen MR) is 159 cm³/mol. The van der Waals surface area contributed by atoms with Crippen LogP contribution in [0.5, 0.6) is 0 Å². The zero-order chi connectivity index (χ0) is 29.9. The molecule has 0 bridgehead atoms. The smallest absolute Gasteiger partial charge is 0.405 e. The van der Waals surface area contributed by atoms with Gasteiger partial charge in [-0.2, -0.15) is 5.10 Å². The number of benzene rings is 2. The summed E-state index contributed by atoms with van der Waals surface area (Å²) in [7, 11) is 1.62. The zero-order valence-corrected chi connectivity index (χ0v) is 25.5. The maximum absolute atomic E-state index is 14.1. The van der Waals surface area contributed by atoms with E-state index < -0.39 is 29.0 Å². The molecule has 10 nitrogen and oxygen atoms in total. The van der Waals surface area contributed by atoms with Crippen LogP contribution in [0, 0.1) is 5.41 Å². The summed E-state index contributed by atoms with van der Waals surface area (Å²) in [6.45, 7) is 3.30. The maximum atomic E-state index is 14.1. The lowest BCUT2D eigenvalue weighted by Crippen LogP contribution is -2.61. The van der Waals surface area contributed by atoms with Crippen LogP contribution in [-0.4, -0.2) is 76.3 Å². The number of hydrazone groups is 1. The highest BCUT2D eigenvalue weighted by Crippen LogP contribution is 2.38. The number of hydrogen-bond acceptors (Lipinski definition) is 5. The lowest BCUT2D eigenvalue weighted by Gasteiger charge is -2.41. The minimum atomic E-state index is -1.49. The summed E-state index contributed by atoms with van der Waals surface area (Å²) in [5.41, 5.74) is 0.00455. The molecule has 12 heteroatoms. The number of likely N-dealkylation sites (tertiary alicyclic amines) is 1. The second-order valence-electron chi connectivity index (χ2n) is 11.0. The summed E-state index contributed by atoms with van der Waals surface area (Å²) in [6, 6.07) is 14.1. The Balaban J connectivity index is 1.61. The number of piperidine rings is 1. The molecule has 4 amide bonds.